The summed E-state index contributed by atoms with van der Waals surface area (Å²) in [6, 6.07) is 10.6. The van der Waals surface area contributed by atoms with E-state index in [9.17, 15) is 0 Å². The lowest BCUT2D eigenvalue weighted by molar-refractivity contribution is 1.77. The molecular weight excluding hydrogens is 158 g/mol. The Bertz CT molecular complexity index is 170. The molecule has 0 spiro atoms. The molecule has 0 amide bonds. The van der Waals surface area contributed by atoms with Crippen LogP contribution in [0.4, 0.5) is 0 Å². The topological polar surface area (TPSA) is 0 Å². The molecule has 0 radical (unpaired) electrons. The summed E-state index contributed by atoms with van der Waals surface area (Å²) in [6.07, 6.45) is 0. The molecule has 0 fully saturated rings. The number of benzene rings is 1. The van der Waals surface area contributed by atoms with Crippen molar-refractivity contribution in [2.75, 3.05) is 13.3 Å². The maximum Gasteiger partial charge on any atom is -0.0246 e. The van der Waals surface area contributed by atoms with Crippen molar-refractivity contribution in [3.8, 4) is 0 Å². The Kier molecular flexibility index (Phi) is 4.87. The monoisotopic (exact) mass is 172 g/mol. The molecule has 0 saturated heterocycles. The standard InChI is InChI=1S/C8H11P.H3P/c1-9(2)8-6-4-3-5-7-8;/h3-7H,1-2H3;1H3. The fraction of sp³-hybridized carbons (Fsp3) is 0.250. The first-order valence-corrected chi connectivity index (χ1v) is 5.26. The van der Waals surface area contributed by atoms with Gasteiger partial charge in [-0.2, -0.15) is 9.90 Å². The molecule has 1 unspecified atom stereocenters. The van der Waals surface area contributed by atoms with Gasteiger partial charge in [-0.05, 0) is 18.6 Å². The lowest BCUT2D eigenvalue weighted by Gasteiger charge is -2.02. The Balaban J connectivity index is 0.000000810. The largest absolute Gasteiger partial charge is 0.153 e. The Labute approximate surface area is 67.4 Å². The van der Waals surface area contributed by atoms with E-state index >= 15 is 0 Å². The van der Waals surface area contributed by atoms with Crippen molar-refractivity contribution < 1.29 is 0 Å². The van der Waals surface area contributed by atoms with E-state index in [4.69, 9.17) is 0 Å². The van der Waals surface area contributed by atoms with Crippen molar-refractivity contribution >= 4 is 23.1 Å². The van der Waals surface area contributed by atoms with Crippen LogP contribution in [0.25, 0.3) is 0 Å². The van der Waals surface area contributed by atoms with Gasteiger partial charge < -0.3 is 0 Å². The van der Waals surface area contributed by atoms with Gasteiger partial charge in [0, 0.05) is 0 Å². The quantitative estimate of drug-likeness (QED) is 0.569. The van der Waals surface area contributed by atoms with Crippen molar-refractivity contribution in [3.63, 3.8) is 0 Å². The molecule has 0 aliphatic carbocycles. The zero-order valence-electron chi connectivity index (χ0n) is 6.54. The molecule has 0 aliphatic heterocycles. The fourth-order valence-electron chi connectivity index (χ4n) is 0.726. The summed E-state index contributed by atoms with van der Waals surface area (Å²) in [5.74, 6) is 0. The van der Waals surface area contributed by atoms with Crippen LogP contribution >= 0.6 is 17.8 Å². The van der Waals surface area contributed by atoms with Gasteiger partial charge in [-0.15, -0.1) is 0 Å². The Morgan fingerprint density at radius 2 is 1.50 bits per heavy atom. The van der Waals surface area contributed by atoms with Gasteiger partial charge in [0.25, 0.3) is 0 Å². The molecule has 1 aromatic carbocycles. The Morgan fingerprint density at radius 1 is 1.00 bits per heavy atom. The first kappa shape index (κ1) is 10.1. The van der Waals surface area contributed by atoms with Crippen LogP contribution in [0, 0.1) is 0 Å². The third kappa shape index (κ3) is 2.78. The summed E-state index contributed by atoms with van der Waals surface area (Å²) < 4.78 is 0. The van der Waals surface area contributed by atoms with E-state index < -0.39 is 0 Å². The number of rotatable bonds is 1. The third-order valence-corrected chi connectivity index (χ3v) is 2.60. The lowest BCUT2D eigenvalue weighted by atomic mass is 10.4. The summed E-state index contributed by atoms with van der Waals surface area (Å²) in [7, 11) is 0.104. The minimum absolute atomic E-state index is 0. The van der Waals surface area contributed by atoms with Crippen LogP contribution in [0.1, 0.15) is 0 Å². The van der Waals surface area contributed by atoms with Crippen molar-refractivity contribution in [2.45, 2.75) is 0 Å². The van der Waals surface area contributed by atoms with E-state index in [0.29, 0.717) is 0 Å². The molecule has 1 atom stereocenters. The SMILES string of the molecule is CP(C)c1ccccc1.P. The van der Waals surface area contributed by atoms with Gasteiger partial charge in [-0.1, -0.05) is 38.3 Å². The smallest absolute Gasteiger partial charge is 0.0246 e. The highest BCUT2D eigenvalue weighted by molar-refractivity contribution is 7.64. The number of hydrogen-bond acceptors (Lipinski definition) is 0. The molecule has 0 nitrogen and oxygen atoms in total. The van der Waals surface area contributed by atoms with Crippen molar-refractivity contribution in [1.82, 2.24) is 0 Å². The number of hydrogen-bond donors (Lipinski definition) is 0. The predicted octanol–water partition coefficient (Wildman–Crippen LogP) is 2.11. The van der Waals surface area contributed by atoms with Gasteiger partial charge in [0.2, 0.25) is 0 Å². The van der Waals surface area contributed by atoms with Gasteiger partial charge >= 0.3 is 0 Å². The average Bonchev–Trinajstić information content (AvgIpc) is 1.90. The van der Waals surface area contributed by atoms with Crippen LogP contribution in [0.15, 0.2) is 30.3 Å². The molecule has 1 aromatic rings. The van der Waals surface area contributed by atoms with Gasteiger partial charge in [-0.3, -0.25) is 0 Å². The fourth-order valence-corrected chi connectivity index (χ4v) is 1.49. The van der Waals surface area contributed by atoms with Crippen molar-refractivity contribution in [3.05, 3.63) is 30.3 Å². The summed E-state index contributed by atoms with van der Waals surface area (Å²) >= 11 is 0. The van der Waals surface area contributed by atoms with Crippen molar-refractivity contribution in [1.29, 1.82) is 0 Å². The molecule has 0 N–H and O–H groups in total. The molecule has 1 rings (SSSR count). The van der Waals surface area contributed by atoms with Crippen LogP contribution in [-0.2, 0) is 0 Å². The molecule has 2 heteroatoms. The van der Waals surface area contributed by atoms with Crippen LogP contribution < -0.4 is 5.30 Å². The second-order valence-corrected chi connectivity index (χ2v) is 4.54. The van der Waals surface area contributed by atoms with Gasteiger partial charge in [0.1, 0.15) is 0 Å². The molecular formula is C8H14P2. The lowest BCUT2D eigenvalue weighted by Crippen LogP contribution is -1.95. The Morgan fingerprint density at radius 3 is 1.80 bits per heavy atom. The normalized spacial score (nSPS) is 9.10. The average molecular weight is 172 g/mol. The molecule has 56 valence electrons. The van der Waals surface area contributed by atoms with Gasteiger partial charge in [0.05, 0.1) is 0 Å². The second kappa shape index (κ2) is 4.83. The predicted molar refractivity (Wildman–Crippen MR) is 55.9 cm³/mol. The summed E-state index contributed by atoms with van der Waals surface area (Å²) in [5, 5.41) is 1.48. The minimum Gasteiger partial charge on any atom is -0.153 e. The van der Waals surface area contributed by atoms with E-state index in [2.05, 4.69) is 43.7 Å². The summed E-state index contributed by atoms with van der Waals surface area (Å²) in [5.41, 5.74) is 0. The van der Waals surface area contributed by atoms with Crippen LogP contribution in [0.3, 0.4) is 0 Å². The van der Waals surface area contributed by atoms with Crippen LogP contribution in [0.2, 0.25) is 0 Å². The van der Waals surface area contributed by atoms with Crippen LogP contribution in [-0.4, -0.2) is 13.3 Å². The van der Waals surface area contributed by atoms with Gasteiger partial charge in [-0.25, -0.2) is 0 Å². The molecule has 0 bridgehead atoms. The first-order valence-electron chi connectivity index (χ1n) is 3.03. The Hall–Kier alpha value is 0.0800. The highest BCUT2D eigenvalue weighted by Crippen LogP contribution is 2.22. The highest BCUT2D eigenvalue weighted by atomic mass is 31.1. The van der Waals surface area contributed by atoms with Gasteiger partial charge in [0.15, 0.2) is 0 Å². The van der Waals surface area contributed by atoms with E-state index in [1.54, 1.807) is 0 Å². The highest BCUT2D eigenvalue weighted by Gasteiger charge is 1.92. The second-order valence-electron chi connectivity index (χ2n) is 2.23. The molecule has 0 aliphatic rings. The van der Waals surface area contributed by atoms with E-state index in [0.717, 1.165) is 0 Å². The zero-order chi connectivity index (χ0) is 6.69. The minimum atomic E-state index is 0. The van der Waals surface area contributed by atoms with E-state index in [1.807, 2.05) is 0 Å². The first-order chi connectivity index (χ1) is 4.30. The molecule has 0 heterocycles. The summed E-state index contributed by atoms with van der Waals surface area (Å²) in [6.45, 7) is 4.54. The van der Waals surface area contributed by atoms with E-state index in [-0.39, 0.29) is 17.8 Å². The van der Waals surface area contributed by atoms with Crippen LogP contribution in [0.5, 0.6) is 0 Å². The maximum atomic E-state index is 2.27. The molecule has 10 heavy (non-hydrogen) atoms. The maximum absolute atomic E-state index is 2.27. The third-order valence-electron chi connectivity index (χ3n) is 1.27. The molecule has 0 saturated carbocycles. The summed E-state index contributed by atoms with van der Waals surface area (Å²) in [4.78, 5) is 0. The molecule has 0 aromatic heterocycles. The van der Waals surface area contributed by atoms with E-state index in [1.165, 1.54) is 5.30 Å². The van der Waals surface area contributed by atoms with Crippen molar-refractivity contribution in [2.24, 2.45) is 0 Å². The zero-order valence-corrected chi connectivity index (χ0v) is 8.85.